The molecule has 0 fully saturated rings. The number of carbonyl (C=O) groups is 1. The monoisotopic (exact) mass is 499 g/mol. The fraction of sp³-hybridized carbons (Fsp3) is 0.292. The number of benzene rings is 2. The maximum atomic E-state index is 13.1. The molecule has 0 radical (unpaired) electrons. The van der Waals surface area contributed by atoms with Gasteiger partial charge in [-0.25, -0.2) is 9.97 Å². The lowest BCUT2D eigenvalue weighted by Crippen LogP contribution is -2.35. The summed E-state index contributed by atoms with van der Waals surface area (Å²) in [6.07, 6.45) is 4.88. The highest BCUT2D eigenvalue weighted by Crippen LogP contribution is 2.39. The number of carbonyl (C=O) groups excluding carboxylic acids is 1. The number of aromatic nitrogens is 2. The van der Waals surface area contributed by atoms with Gasteiger partial charge in [0.05, 0.1) is 27.2 Å². The predicted molar refractivity (Wildman–Crippen MR) is 135 cm³/mol. The summed E-state index contributed by atoms with van der Waals surface area (Å²) in [5.74, 6) is 0.628. The molecule has 33 heavy (non-hydrogen) atoms. The smallest absolute Gasteiger partial charge is 0.263 e. The summed E-state index contributed by atoms with van der Waals surface area (Å²) in [6, 6.07) is 12.2. The number of fused-ring (bicyclic) bond motifs is 2. The van der Waals surface area contributed by atoms with Crippen molar-refractivity contribution in [3.05, 3.63) is 69.3 Å². The van der Waals surface area contributed by atoms with E-state index in [1.165, 1.54) is 29.3 Å². The number of para-hydroxylation sites is 1. The molecule has 0 saturated carbocycles. The van der Waals surface area contributed by atoms with E-state index in [2.05, 4.69) is 52.5 Å². The van der Waals surface area contributed by atoms with Gasteiger partial charge in [0.25, 0.3) is 5.91 Å². The number of nitrogens with zero attached hydrogens (tertiary/aromatic N) is 4. The second-order valence-electron chi connectivity index (χ2n) is 8.46. The lowest BCUT2D eigenvalue weighted by molar-refractivity contribution is 0.0985. The van der Waals surface area contributed by atoms with E-state index in [1.54, 1.807) is 29.3 Å². The summed E-state index contributed by atoms with van der Waals surface area (Å²) < 4.78 is 0. The quantitative estimate of drug-likeness (QED) is 0.467. The van der Waals surface area contributed by atoms with E-state index in [-0.39, 0.29) is 5.91 Å². The lowest BCUT2D eigenvalue weighted by Gasteiger charge is -2.30. The molecule has 6 nitrogen and oxygen atoms in total. The maximum absolute atomic E-state index is 13.1. The van der Waals surface area contributed by atoms with E-state index in [0.29, 0.717) is 44.2 Å². The van der Waals surface area contributed by atoms with Crippen LogP contribution in [0, 0.1) is 0 Å². The molecule has 1 atom stereocenters. The Bertz CT molecular complexity index is 1220. The van der Waals surface area contributed by atoms with E-state index < -0.39 is 0 Å². The summed E-state index contributed by atoms with van der Waals surface area (Å²) in [5.41, 5.74) is 4.66. The molecule has 5 rings (SSSR count). The SMILES string of the molecule is CN(C)C1CCc2ccc(Nc3ncc4c(n3)SCN(c3c(Cl)cccc3Cl)C4=O)cc2C1. The number of nitrogens with one attached hydrogen (secondary N) is 1. The van der Waals surface area contributed by atoms with Crippen LogP contribution >= 0.6 is 35.0 Å². The highest BCUT2D eigenvalue weighted by molar-refractivity contribution is 7.99. The predicted octanol–water partition coefficient (Wildman–Crippen LogP) is 5.66. The van der Waals surface area contributed by atoms with Crippen molar-refractivity contribution < 1.29 is 4.79 Å². The van der Waals surface area contributed by atoms with Crippen LogP contribution < -0.4 is 10.2 Å². The van der Waals surface area contributed by atoms with Crippen molar-refractivity contribution >= 4 is 58.2 Å². The fourth-order valence-electron chi connectivity index (χ4n) is 4.31. The highest BCUT2D eigenvalue weighted by Gasteiger charge is 2.30. The fourth-order valence-corrected chi connectivity index (χ4v) is 5.86. The standard InChI is InChI=1S/C24H23Cl2N5OS/c1-30(2)17-9-7-14-6-8-16(10-15(14)11-17)28-24-27-12-18-22(29-24)33-13-31(23(18)32)21-19(25)4-3-5-20(21)26/h3-6,8,10,12,17H,7,9,11,13H2,1-2H3,(H,27,28,29). The molecule has 0 spiro atoms. The number of hydrogen-bond acceptors (Lipinski definition) is 6. The molecule has 1 amide bonds. The van der Waals surface area contributed by atoms with Crippen molar-refractivity contribution in [3.63, 3.8) is 0 Å². The second-order valence-corrected chi connectivity index (χ2v) is 10.2. The minimum Gasteiger partial charge on any atom is -0.324 e. The van der Waals surface area contributed by atoms with Gasteiger partial charge in [0.1, 0.15) is 5.03 Å². The number of thioether (sulfide) groups is 1. The van der Waals surface area contributed by atoms with E-state index in [0.717, 1.165) is 18.5 Å². The Kier molecular flexibility index (Phi) is 6.22. The van der Waals surface area contributed by atoms with Gasteiger partial charge in [0, 0.05) is 17.9 Å². The van der Waals surface area contributed by atoms with Crippen molar-refractivity contribution in [1.29, 1.82) is 0 Å². The van der Waals surface area contributed by atoms with Crippen LogP contribution in [0.1, 0.15) is 27.9 Å². The van der Waals surface area contributed by atoms with Gasteiger partial charge < -0.3 is 10.2 Å². The first kappa shape index (κ1) is 22.5. The lowest BCUT2D eigenvalue weighted by atomic mass is 9.87. The molecule has 170 valence electrons. The van der Waals surface area contributed by atoms with Gasteiger partial charge in [0.15, 0.2) is 0 Å². The largest absolute Gasteiger partial charge is 0.324 e. The number of anilines is 3. The Morgan fingerprint density at radius 1 is 1.15 bits per heavy atom. The Morgan fingerprint density at radius 3 is 2.70 bits per heavy atom. The van der Waals surface area contributed by atoms with Crippen LogP contribution in [0.3, 0.4) is 0 Å². The molecule has 9 heteroatoms. The molecule has 1 aromatic heterocycles. The van der Waals surface area contributed by atoms with Crippen molar-refractivity contribution in [2.24, 2.45) is 0 Å². The molecule has 2 heterocycles. The van der Waals surface area contributed by atoms with E-state index in [4.69, 9.17) is 23.2 Å². The Hall–Kier alpha value is -2.32. The minimum absolute atomic E-state index is 0.214. The molecule has 3 aromatic rings. The average molecular weight is 500 g/mol. The summed E-state index contributed by atoms with van der Waals surface area (Å²) in [4.78, 5) is 26.0. The number of hydrogen-bond donors (Lipinski definition) is 1. The van der Waals surface area contributed by atoms with Crippen molar-refractivity contribution in [2.45, 2.75) is 30.3 Å². The maximum Gasteiger partial charge on any atom is 0.263 e. The minimum atomic E-state index is -0.214. The van der Waals surface area contributed by atoms with Gasteiger partial charge in [-0.05, 0) is 68.8 Å². The van der Waals surface area contributed by atoms with Crippen LogP contribution in [-0.4, -0.2) is 46.8 Å². The molecular weight excluding hydrogens is 477 g/mol. The normalized spacial score (nSPS) is 17.7. The average Bonchev–Trinajstić information content (AvgIpc) is 2.80. The van der Waals surface area contributed by atoms with Crippen LogP contribution in [0.15, 0.2) is 47.6 Å². The molecule has 0 bridgehead atoms. The van der Waals surface area contributed by atoms with Gasteiger partial charge in [-0.1, -0.05) is 47.1 Å². The van der Waals surface area contributed by atoms with Crippen LogP contribution in [-0.2, 0) is 12.8 Å². The molecule has 1 aliphatic carbocycles. The highest BCUT2D eigenvalue weighted by atomic mass is 35.5. The summed E-state index contributed by atoms with van der Waals surface area (Å²) in [6.45, 7) is 0. The van der Waals surface area contributed by atoms with Gasteiger partial charge in [-0.3, -0.25) is 9.69 Å². The first-order chi connectivity index (χ1) is 15.9. The molecule has 0 saturated heterocycles. The molecule has 1 aliphatic heterocycles. The summed E-state index contributed by atoms with van der Waals surface area (Å²) >= 11 is 14.1. The number of likely N-dealkylation sites (N-methyl/N-ethyl adjacent to an activating group) is 1. The number of amides is 1. The third-order valence-corrected chi connectivity index (χ3v) is 7.74. The van der Waals surface area contributed by atoms with Gasteiger partial charge >= 0.3 is 0 Å². The van der Waals surface area contributed by atoms with Crippen molar-refractivity contribution in [3.8, 4) is 0 Å². The van der Waals surface area contributed by atoms with Gasteiger partial charge in [0.2, 0.25) is 5.95 Å². The first-order valence-electron chi connectivity index (χ1n) is 10.7. The number of halogens is 2. The van der Waals surface area contributed by atoms with Crippen LogP contribution in [0.5, 0.6) is 0 Å². The third kappa shape index (κ3) is 4.43. The summed E-state index contributed by atoms with van der Waals surface area (Å²) in [7, 11) is 4.27. The Labute approximate surface area is 207 Å². The van der Waals surface area contributed by atoms with E-state index in [1.807, 2.05) is 0 Å². The molecular formula is C24H23Cl2N5OS. The van der Waals surface area contributed by atoms with Gasteiger partial charge in [-0.2, -0.15) is 0 Å². The van der Waals surface area contributed by atoms with Crippen LogP contribution in [0.25, 0.3) is 0 Å². The zero-order valence-electron chi connectivity index (χ0n) is 18.3. The molecule has 2 aromatic carbocycles. The summed E-state index contributed by atoms with van der Waals surface area (Å²) in [5, 5.41) is 4.82. The molecule has 2 aliphatic rings. The topological polar surface area (TPSA) is 61.4 Å². The van der Waals surface area contributed by atoms with Crippen LogP contribution in [0.4, 0.5) is 17.3 Å². The van der Waals surface area contributed by atoms with Crippen molar-refractivity contribution in [2.75, 3.05) is 30.2 Å². The number of aryl methyl sites for hydroxylation is 1. The van der Waals surface area contributed by atoms with Crippen molar-refractivity contribution in [1.82, 2.24) is 14.9 Å². The zero-order valence-corrected chi connectivity index (χ0v) is 20.6. The van der Waals surface area contributed by atoms with Gasteiger partial charge in [-0.15, -0.1) is 0 Å². The Balaban J connectivity index is 1.36. The molecule has 1 N–H and O–H groups in total. The second kappa shape index (κ2) is 9.14. The molecule has 1 unspecified atom stereocenters. The third-order valence-electron chi connectivity index (χ3n) is 6.16. The first-order valence-corrected chi connectivity index (χ1v) is 12.5. The van der Waals surface area contributed by atoms with Crippen LogP contribution in [0.2, 0.25) is 10.0 Å². The zero-order chi connectivity index (χ0) is 23.1. The van der Waals surface area contributed by atoms with E-state index in [9.17, 15) is 4.79 Å². The number of rotatable bonds is 4. The Morgan fingerprint density at radius 2 is 1.94 bits per heavy atom. The van der Waals surface area contributed by atoms with E-state index >= 15 is 0 Å².